The molecule has 0 atom stereocenters. The van der Waals surface area contributed by atoms with Crippen molar-refractivity contribution in [2.75, 3.05) is 13.7 Å². The van der Waals surface area contributed by atoms with Gasteiger partial charge in [-0.05, 0) is 28.1 Å². The Morgan fingerprint density at radius 3 is 2.81 bits per heavy atom. The minimum Gasteiger partial charge on any atom is -0.545 e. The smallest absolute Gasteiger partial charge is 0.175 e. The summed E-state index contributed by atoms with van der Waals surface area (Å²) in [5, 5.41) is 10.7. The zero-order chi connectivity index (χ0) is 12.1. The van der Waals surface area contributed by atoms with Crippen molar-refractivity contribution in [2.45, 2.75) is 0 Å². The first-order valence-corrected chi connectivity index (χ1v) is 5.22. The average Bonchev–Trinajstić information content (AvgIpc) is 2.26. The number of rotatable bonds is 5. The zero-order valence-corrected chi connectivity index (χ0v) is 10.2. The second-order valence-corrected chi connectivity index (χ2v) is 3.73. The van der Waals surface area contributed by atoms with Crippen LogP contribution in [0.4, 0.5) is 0 Å². The second kappa shape index (κ2) is 5.55. The highest BCUT2D eigenvalue weighted by Crippen LogP contribution is 2.36. The van der Waals surface area contributed by atoms with Gasteiger partial charge >= 0.3 is 0 Å². The van der Waals surface area contributed by atoms with Crippen molar-refractivity contribution in [3.05, 3.63) is 34.8 Å². The summed E-state index contributed by atoms with van der Waals surface area (Å²) >= 11 is 3.21. The molecule has 0 bridgehead atoms. The fourth-order valence-corrected chi connectivity index (χ4v) is 1.68. The van der Waals surface area contributed by atoms with Gasteiger partial charge in [-0.1, -0.05) is 12.7 Å². The Labute approximate surface area is 102 Å². The van der Waals surface area contributed by atoms with Crippen molar-refractivity contribution in [3.63, 3.8) is 0 Å². The minimum atomic E-state index is -1.27. The zero-order valence-electron chi connectivity index (χ0n) is 8.66. The molecule has 0 heterocycles. The quantitative estimate of drug-likeness (QED) is 0.767. The SMILES string of the molecule is C=CCOc1c(Br)cc(C(=O)[O-])cc1OC. The van der Waals surface area contributed by atoms with E-state index in [1.807, 2.05) is 0 Å². The first-order chi connectivity index (χ1) is 7.60. The van der Waals surface area contributed by atoms with Crippen molar-refractivity contribution in [2.24, 2.45) is 0 Å². The Morgan fingerprint density at radius 1 is 1.62 bits per heavy atom. The lowest BCUT2D eigenvalue weighted by Gasteiger charge is -2.13. The molecule has 0 aliphatic carbocycles. The van der Waals surface area contributed by atoms with E-state index in [4.69, 9.17) is 9.47 Å². The maximum Gasteiger partial charge on any atom is 0.175 e. The van der Waals surface area contributed by atoms with Crippen LogP contribution in [0.5, 0.6) is 11.5 Å². The number of hydrogen-bond acceptors (Lipinski definition) is 4. The number of carbonyl (C=O) groups is 1. The van der Waals surface area contributed by atoms with Crippen LogP contribution < -0.4 is 14.6 Å². The molecule has 0 amide bonds. The van der Waals surface area contributed by atoms with Crippen molar-refractivity contribution < 1.29 is 19.4 Å². The first-order valence-electron chi connectivity index (χ1n) is 4.42. The summed E-state index contributed by atoms with van der Waals surface area (Å²) in [6.45, 7) is 3.83. The van der Waals surface area contributed by atoms with Gasteiger partial charge in [0.2, 0.25) is 0 Å². The Bertz CT molecular complexity index is 415. The molecular weight excluding hydrogens is 276 g/mol. The third-order valence-corrected chi connectivity index (χ3v) is 2.40. The molecule has 4 nitrogen and oxygen atoms in total. The monoisotopic (exact) mass is 285 g/mol. The predicted molar refractivity (Wildman–Crippen MR) is 60.7 cm³/mol. The highest BCUT2D eigenvalue weighted by atomic mass is 79.9. The summed E-state index contributed by atoms with van der Waals surface area (Å²) in [5.41, 5.74) is 0.0229. The van der Waals surface area contributed by atoms with Gasteiger partial charge in [0, 0.05) is 5.56 Å². The molecule has 0 aliphatic rings. The number of carboxylic acids is 1. The molecule has 0 saturated heterocycles. The summed E-state index contributed by atoms with van der Waals surface area (Å²) < 4.78 is 10.9. The topological polar surface area (TPSA) is 58.6 Å². The molecule has 1 aromatic carbocycles. The normalized spacial score (nSPS) is 9.62. The number of aromatic carboxylic acids is 1. The minimum absolute atomic E-state index is 0.0229. The third-order valence-electron chi connectivity index (χ3n) is 1.81. The molecule has 1 aromatic rings. The maximum absolute atomic E-state index is 10.7. The van der Waals surface area contributed by atoms with E-state index in [0.29, 0.717) is 22.6 Å². The maximum atomic E-state index is 10.7. The molecule has 0 aromatic heterocycles. The number of benzene rings is 1. The summed E-state index contributed by atoms with van der Waals surface area (Å²) in [6.07, 6.45) is 1.58. The van der Waals surface area contributed by atoms with Crippen LogP contribution in [0.1, 0.15) is 10.4 Å². The van der Waals surface area contributed by atoms with Crippen LogP contribution in [0, 0.1) is 0 Å². The number of halogens is 1. The van der Waals surface area contributed by atoms with E-state index < -0.39 is 5.97 Å². The largest absolute Gasteiger partial charge is 0.545 e. The van der Waals surface area contributed by atoms with Crippen LogP contribution in [0.3, 0.4) is 0 Å². The van der Waals surface area contributed by atoms with E-state index in [2.05, 4.69) is 22.5 Å². The van der Waals surface area contributed by atoms with Crippen molar-refractivity contribution in [3.8, 4) is 11.5 Å². The highest BCUT2D eigenvalue weighted by molar-refractivity contribution is 9.10. The van der Waals surface area contributed by atoms with Gasteiger partial charge in [0.05, 0.1) is 17.6 Å². The molecule has 16 heavy (non-hydrogen) atoms. The van der Waals surface area contributed by atoms with Crippen LogP contribution in [-0.2, 0) is 0 Å². The molecule has 0 saturated carbocycles. The van der Waals surface area contributed by atoms with Gasteiger partial charge in [-0.15, -0.1) is 0 Å². The molecule has 0 aliphatic heterocycles. The Kier molecular flexibility index (Phi) is 4.37. The Morgan fingerprint density at radius 2 is 2.31 bits per heavy atom. The van der Waals surface area contributed by atoms with Gasteiger partial charge in [0.1, 0.15) is 6.61 Å². The van der Waals surface area contributed by atoms with Crippen LogP contribution in [0.25, 0.3) is 0 Å². The molecule has 0 unspecified atom stereocenters. The number of hydrogen-bond donors (Lipinski definition) is 0. The summed E-state index contributed by atoms with van der Waals surface area (Å²) in [6, 6.07) is 2.74. The van der Waals surface area contributed by atoms with Gasteiger partial charge < -0.3 is 19.4 Å². The van der Waals surface area contributed by atoms with Gasteiger partial charge in [-0.2, -0.15) is 0 Å². The van der Waals surface area contributed by atoms with Gasteiger partial charge in [0.25, 0.3) is 0 Å². The van der Waals surface area contributed by atoms with Crippen molar-refractivity contribution in [1.29, 1.82) is 0 Å². The molecule has 86 valence electrons. The van der Waals surface area contributed by atoms with E-state index in [0.717, 1.165) is 0 Å². The van der Waals surface area contributed by atoms with Gasteiger partial charge in [-0.25, -0.2) is 0 Å². The number of carboxylic acid groups (broad SMARTS) is 1. The number of ether oxygens (including phenoxy) is 2. The van der Waals surface area contributed by atoms with E-state index in [-0.39, 0.29) is 5.56 Å². The molecular formula is C11H10BrO4-. The highest BCUT2D eigenvalue weighted by Gasteiger charge is 2.11. The average molecular weight is 286 g/mol. The molecule has 1 rings (SSSR count). The number of methoxy groups -OCH3 is 1. The first kappa shape index (κ1) is 12.6. The second-order valence-electron chi connectivity index (χ2n) is 2.88. The summed E-state index contributed by atoms with van der Waals surface area (Å²) in [7, 11) is 1.43. The van der Waals surface area contributed by atoms with Crippen LogP contribution in [0.2, 0.25) is 0 Å². The van der Waals surface area contributed by atoms with Crippen LogP contribution in [0.15, 0.2) is 29.3 Å². The number of carbonyl (C=O) groups excluding carboxylic acids is 1. The van der Waals surface area contributed by atoms with E-state index >= 15 is 0 Å². The summed E-state index contributed by atoms with van der Waals surface area (Å²) in [5.74, 6) is -0.503. The third kappa shape index (κ3) is 2.76. The lowest BCUT2D eigenvalue weighted by atomic mass is 10.2. The van der Waals surface area contributed by atoms with Crippen molar-refractivity contribution in [1.82, 2.24) is 0 Å². The summed E-state index contributed by atoms with van der Waals surface area (Å²) in [4.78, 5) is 10.7. The predicted octanol–water partition coefficient (Wildman–Crippen LogP) is 1.39. The lowest BCUT2D eigenvalue weighted by molar-refractivity contribution is -0.255. The van der Waals surface area contributed by atoms with E-state index in [9.17, 15) is 9.90 Å². The van der Waals surface area contributed by atoms with Gasteiger partial charge in [-0.3, -0.25) is 0 Å². The Hall–Kier alpha value is -1.49. The van der Waals surface area contributed by atoms with Gasteiger partial charge in [0.15, 0.2) is 11.5 Å². The Balaban J connectivity index is 3.17. The molecule has 5 heteroatoms. The molecule has 0 fully saturated rings. The standard InChI is InChI=1S/C11H11BrO4/c1-3-4-16-10-8(12)5-7(11(13)14)6-9(10)15-2/h3,5-6H,1,4H2,2H3,(H,13,14)/p-1. The van der Waals surface area contributed by atoms with E-state index in [1.54, 1.807) is 6.08 Å². The fourth-order valence-electron chi connectivity index (χ4n) is 1.12. The van der Waals surface area contributed by atoms with Crippen LogP contribution >= 0.6 is 15.9 Å². The molecule has 0 radical (unpaired) electrons. The lowest BCUT2D eigenvalue weighted by Crippen LogP contribution is -2.22. The van der Waals surface area contributed by atoms with Crippen molar-refractivity contribution >= 4 is 21.9 Å². The van der Waals surface area contributed by atoms with Crippen LogP contribution in [-0.4, -0.2) is 19.7 Å². The fraction of sp³-hybridized carbons (Fsp3) is 0.182. The molecule has 0 spiro atoms. The van der Waals surface area contributed by atoms with E-state index in [1.165, 1.54) is 19.2 Å². The molecule has 0 N–H and O–H groups in total.